The molecular weight excluding hydrogens is 258 g/mol. The lowest BCUT2D eigenvalue weighted by Gasteiger charge is -2.30. The summed E-state index contributed by atoms with van der Waals surface area (Å²) in [5, 5.41) is 0. The molecule has 0 spiro atoms. The van der Waals surface area contributed by atoms with Crippen LogP contribution in [0.1, 0.15) is 26.7 Å². The number of hydrogen-bond acceptors (Lipinski definition) is 5. The molecule has 0 atom stereocenters. The molecule has 18 heavy (non-hydrogen) atoms. The van der Waals surface area contributed by atoms with Crippen molar-refractivity contribution in [3.8, 4) is 0 Å². The molecule has 0 N–H and O–H groups in total. The number of carbonyl (C=O) groups is 1. The van der Waals surface area contributed by atoms with Crippen LogP contribution in [0.25, 0.3) is 0 Å². The zero-order valence-electron chi connectivity index (χ0n) is 11.1. The highest BCUT2D eigenvalue weighted by Gasteiger charge is 2.26. The molecule has 0 aliphatic carbocycles. The Hall–Kier alpha value is -0.820. The third kappa shape index (κ3) is 5.68. The van der Waals surface area contributed by atoms with Crippen LogP contribution in [0.4, 0.5) is 4.79 Å². The number of nitrogens with zero attached hydrogens (tertiary/aromatic N) is 1. The van der Waals surface area contributed by atoms with E-state index in [2.05, 4.69) is 0 Å². The first-order chi connectivity index (χ1) is 8.28. The van der Waals surface area contributed by atoms with Crippen LogP contribution >= 0.6 is 0 Å². The number of carbonyl (C=O) groups excluding carboxylic acids is 1. The van der Waals surface area contributed by atoms with Gasteiger partial charge in [0.05, 0.1) is 19.0 Å². The van der Waals surface area contributed by atoms with Crippen molar-refractivity contribution in [3.05, 3.63) is 0 Å². The van der Waals surface area contributed by atoms with E-state index >= 15 is 0 Å². The predicted octanol–water partition coefficient (Wildman–Crippen LogP) is 1.22. The minimum absolute atomic E-state index is 0.306. The molecule has 0 saturated carbocycles. The van der Waals surface area contributed by atoms with Crippen LogP contribution < -0.4 is 0 Å². The van der Waals surface area contributed by atoms with Crippen LogP contribution in [-0.2, 0) is 19.0 Å². The number of likely N-dealkylation sites (tertiary alicyclic amines) is 1. The summed E-state index contributed by atoms with van der Waals surface area (Å²) in [5.74, 6) is 0.306. The second kappa shape index (κ2) is 6.38. The topological polar surface area (TPSA) is 72.9 Å². The number of piperidine rings is 1. The number of hydrogen-bond donors (Lipinski definition) is 0. The average Bonchev–Trinajstić information content (AvgIpc) is 2.24. The smallest absolute Gasteiger partial charge is 0.409 e. The van der Waals surface area contributed by atoms with Gasteiger partial charge in [0.1, 0.15) is 0 Å². The van der Waals surface area contributed by atoms with Crippen molar-refractivity contribution in [1.82, 2.24) is 4.90 Å². The Bertz CT molecular complexity index is 371. The second-order valence-corrected chi connectivity index (χ2v) is 6.56. The normalized spacial score (nSPS) is 18.1. The molecule has 0 unspecified atom stereocenters. The molecule has 1 rings (SSSR count). The highest BCUT2D eigenvalue weighted by molar-refractivity contribution is 7.86. The van der Waals surface area contributed by atoms with E-state index in [1.807, 2.05) is 13.8 Å². The van der Waals surface area contributed by atoms with Gasteiger partial charge in [-0.15, -0.1) is 0 Å². The van der Waals surface area contributed by atoms with E-state index in [1.165, 1.54) is 0 Å². The first-order valence-electron chi connectivity index (χ1n) is 6.08. The standard InChI is InChI=1S/C11H21NO5S/c1-9(2)8-16-11(13)12-6-4-10(5-7-12)17-18(3,14)15/h9-10H,4-8H2,1-3H3. The highest BCUT2D eigenvalue weighted by atomic mass is 32.2. The summed E-state index contributed by atoms with van der Waals surface area (Å²) < 4.78 is 31.9. The van der Waals surface area contributed by atoms with Crippen molar-refractivity contribution in [2.45, 2.75) is 32.8 Å². The summed E-state index contributed by atoms with van der Waals surface area (Å²) in [7, 11) is -3.42. The van der Waals surface area contributed by atoms with E-state index in [-0.39, 0.29) is 12.2 Å². The molecule has 1 heterocycles. The van der Waals surface area contributed by atoms with Crippen LogP contribution in [0.3, 0.4) is 0 Å². The Balaban J connectivity index is 2.33. The average molecular weight is 279 g/mol. The lowest BCUT2D eigenvalue weighted by molar-refractivity contribution is 0.0639. The quantitative estimate of drug-likeness (QED) is 0.723. The summed E-state index contributed by atoms with van der Waals surface area (Å²) in [5.41, 5.74) is 0. The number of amides is 1. The third-order valence-electron chi connectivity index (χ3n) is 2.55. The summed E-state index contributed by atoms with van der Waals surface area (Å²) >= 11 is 0. The summed E-state index contributed by atoms with van der Waals surface area (Å²) in [6.45, 7) is 5.28. The molecule has 0 radical (unpaired) electrons. The van der Waals surface area contributed by atoms with Crippen LogP contribution in [0, 0.1) is 5.92 Å². The van der Waals surface area contributed by atoms with Crippen LogP contribution in [0.5, 0.6) is 0 Å². The maximum Gasteiger partial charge on any atom is 0.409 e. The van der Waals surface area contributed by atoms with E-state index in [4.69, 9.17) is 8.92 Å². The summed E-state index contributed by atoms with van der Waals surface area (Å²) in [6, 6.07) is 0. The van der Waals surface area contributed by atoms with Crippen molar-refractivity contribution < 1.29 is 22.1 Å². The highest BCUT2D eigenvalue weighted by Crippen LogP contribution is 2.16. The molecule has 0 bridgehead atoms. The molecule has 1 fully saturated rings. The molecule has 1 saturated heterocycles. The monoisotopic (exact) mass is 279 g/mol. The van der Waals surface area contributed by atoms with E-state index in [9.17, 15) is 13.2 Å². The van der Waals surface area contributed by atoms with Crippen molar-refractivity contribution in [1.29, 1.82) is 0 Å². The minimum Gasteiger partial charge on any atom is -0.449 e. The minimum atomic E-state index is -3.42. The Morgan fingerprint density at radius 3 is 2.33 bits per heavy atom. The SMILES string of the molecule is CC(C)COC(=O)N1CCC(OS(C)(=O)=O)CC1. The van der Waals surface area contributed by atoms with E-state index in [0.717, 1.165) is 6.26 Å². The fourth-order valence-electron chi connectivity index (χ4n) is 1.71. The van der Waals surface area contributed by atoms with Gasteiger partial charge in [0.15, 0.2) is 0 Å². The fourth-order valence-corrected chi connectivity index (χ4v) is 2.40. The lowest BCUT2D eigenvalue weighted by atomic mass is 10.1. The van der Waals surface area contributed by atoms with E-state index in [0.29, 0.717) is 38.5 Å². The number of rotatable bonds is 4. The Kier molecular flexibility index (Phi) is 5.40. The molecule has 1 amide bonds. The van der Waals surface area contributed by atoms with Gasteiger partial charge in [-0.25, -0.2) is 4.79 Å². The summed E-state index contributed by atoms with van der Waals surface area (Å²) in [6.07, 6.45) is 1.42. The maximum absolute atomic E-state index is 11.6. The molecule has 7 heteroatoms. The Morgan fingerprint density at radius 2 is 1.89 bits per heavy atom. The van der Waals surface area contributed by atoms with Crippen LogP contribution in [-0.4, -0.2) is 51.5 Å². The van der Waals surface area contributed by atoms with Gasteiger partial charge in [-0.3, -0.25) is 4.18 Å². The zero-order chi connectivity index (χ0) is 13.8. The molecule has 0 aromatic carbocycles. The molecule has 1 aliphatic rings. The fraction of sp³-hybridized carbons (Fsp3) is 0.909. The van der Waals surface area contributed by atoms with Gasteiger partial charge in [-0.05, 0) is 18.8 Å². The zero-order valence-corrected chi connectivity index (χ0v) is 11.9. The van der Waals surface area contributed by atoms with Gasteiger partial charge in [0, 0.05) is 13.1 Å². The van der Waals surface area contributed by atoms with Crippen molar-refractivity contribution >= 4 is 16.2 Å². The molecular formula is C11H21NO5S. The lowest BCUT2D eigenvalue weighted by Crippen LogP contribution is -2.41. The van der Waals surface area contributed by atoms with Crippen molar-refractivity contribution in [2.24, 2.45) is 5.92 Å². The van der Waals surface area contributed by atoms with Crippen LogP contribution in [0.15, 0.2) is 0 Å². The van der Waals surface area contributed by atoms with Gasteiger partial charge < -0.3 is 9.64 Å². The van der Waals surface area contributed by atoms with E-state index in [1.54, 1.807) is 4.90 Å². The van der Waals surface area contributed by atoms with Gasteiger partial charge in [0.2, 0.25) is 0 Å². The first-order valence-corrected chi connectivity index (χ1v) is 7.89. The van der Waals surface area contributed by atoms with Crippen molar-refractivity contribution in [2.75, 3.05) is 26.0 Å². The van der Waals surface area contributed by atoms with E-state index < -0.39 is 10.1 Å². The van der Waals surface area contributed by atoms with Crippen molar-refractivity contribution in [3.63, 3.8) is 0 Å². The third-order valence-corrected chi connectivity index (χ3v) is 3.17. The molecule has 0 aromatic rings. The largest absolute Gasteiger partial charge is 0.449 e. The summed E-state index contributed by atoms with van der Waals surface area (Å²) in [4.78, 5) is 13.2. The first kappa shape index (κ1) is 15.2. The number of ether oxygens (including phenoxy) is 1. The molecule has 0 aromatic heterocycles. The molecule has 106 valence electrons. The van der Waals surface area contributed by atoms with Gasteiger partial charge in [0.25, 0.3) is 10.1 Å². The molecule has 1 aliphatic heterocycles. The Morgan fingerprint density at radius 1 is 1.33 bits per heavy atom. The van der Waals surface area contributed by atoms with Gasteiger partial charge in [-0.2, -0.15) is 8.42 Å². The van der Waals surface area contributed by atoms with Gasteiger partial charge >= 0.3 is 6.09 Å². The maximum atomic E-state index is 11.6. The predicted molar refractivity (Wildman–Crippen MR) is 66.7 cm³/mol. The second-order valence-electron chi connectivity index (χ2n) is 4.96. The van der Waals surface area contributed by atoms with Crippen LogP contribution in [0.2, 0.25) is 0 Å². The Labute approximate surface area is 108 Å². The molecule has 6 nitrogen and oxygen atoms in total. The van der Waals surface area contributed by atoms with Gasteiger partial charge in [-0.1, -0.05) is 13.8 Å².